The summed E-state index contributed by atoms with van der Waals surface area (Å²) in [4.78, 5) is 11.6. The highest BCUT2D eigenvalue weighted by atomic mass is 19.1. The van der Waals surface area contributed by atoms with Gasteiger partial charge in [0.05, 0.1) is 12.3 Å². The molecule has 92 valence electrons. The van der Waals surface area contributed by atoms with Gasteiger partial charge >= 0.3 is 0 Å². The molecule has 0 saturated carbocycles. The summed E-state index contributed by atoms with van der Waals surface area (Å²) >= 11 is 0. The van der Waals surface area contributed by atoms with Crippen LogP contribution >= 0.6 is 0 Å². The van der Waals surface area contributed by atoms with Crippen molar-refractivity contribution in [1.29, 1.82) is 0 Å². The fraction of sp³-hybridized carbons (Fsp3) is 0.364. The van der Waals surface area contributed by atoms with Crippen molar-refractivity contribution < 1.29 is 18.7 Å². The Labute approximate surface area is 96.6 Å². The number of nitrogens with one attached hydrogen (secondary N) is 2. The van der Waals surface area contributed by atoms with Gasteiger partial charge in [-0.3, -0.25) is 10.1 Å². The Morgan fingerprint density at radius 2 is 2.24 bits per heavy atom. The molecule has 3 N–H and O–H groups in total. The molecular weight excluding hydrogens is 230 g/mol. The molecule has 6 heteroatoms. The number of halogens is 2. The number of anilines is 1. The molecule has 0 bridgehead atoms. The molecule has 0 saturated heterocycles. The second kappa shape index (κ2) is 4.38. The van der Waals surface area contributed by atoms with E-state index in [1.807, 2.05) is 0 Å². The molecular formula is C11H12F2N2O2. The highest BCUT2D eigenvalue weighted by molar-refractivity contribution is 6.02. The molecule has 0 spiro atoms. The quantitative estimate of drug-likeness (QED) is 0.739. The number of carbonyl (C=O) groups is 1. The van der Waals surface area contributed by atoms with Gasteiger partial charge in [-0.25, -0.2) is 8.78 Å². The lowest BCUT2D eigenvalue weighted by atomic mass is 10.1. The third kappa shape index (κ3) is 2.13. The van der Waals surface area contributed by atoms with Crippen molar-refractivity contribution in [3.8, 4) is 0 Å². The van der Waals surface area contributed by atoms with Crippen LogP contribution in [0.3, 0.4) is 0 Å². The smallest absolute Gasteiger partial charge is 0.246 e. The average Bonchev–Trinajstić information content (AvgIpc) is 2.55. The first kappa shape index (κ1) is 11.9. The van der Waals surface area contributed by atoms with Gasteiger partial charge in [0.2, 0.25) is 5.91 Å². The van der Waals surface area contributed by atoms with E-state index in [1.54, 1.807) is 6.92 Å². The fourth-order valence-corrected chi connectivity index (χ4v) is 1.81. The third-order valence-electron chi connectivity index (χ3n) is 2.63. The number of aliphatic hydroxyl groups is 1. The summed E-state index contributed by atoms with van der Waals surface area (Å²) in [5.74, 6) is -1.97. The number of fused-ring (bicyclic) bond motifs is 1. The van der Waals surface area contributed by atoms with Crippen LogP contribution in [-0.2, 0) is 4.79 Å². The highest BCUT2D eigenvalue weighted by Crippen LogP contribution is 2.33. The molecule has 0 aliphatic carbocycles. The molecule has 1 aliphatic rings. The van der Waals surface area contributed by atoms with Crippen molar-refractivity contribution in [1.82, 2.24) is 5.32 Å². The number of carbonyl (C=O) groups excluding carboxylic acids is 1. The Kier molecular flexibility index (Phi) is 3.08. The van der Waals surface area contributed by atoms with Crippen LogP contribution in [-0.4, -0.2) is 23.7 Å². The van der Waals surface area contributed by atoms with Crippen LogP contribution in [0.25, 0.3) is 0 Å². The van der Waals surface area contributed by atoms with E-state index >= 15 is 0 Å². The first-order chi connectivity index (χ1) is 8.02. The maximum absolute atomic E-state index is 13.6. The molecule has 1 heterocycles. The molecule has 2 atom stereocenters. The molecule has 2 unspecified atom stereocenters. The number of aliphatic hydroxyl groups excluding tert-OH is 1. The van der Waals surface area contributed by atoms with Crippen molar-refractivity contribution in [2.75, 3.05) is 11.9 Å². The van der Waals surface area contributed by atoms with E-state index in [4.69, 9.17) is 5.11 Å². The molecule has 17 heavy (non-hydrogen) atoms. The first-order valence-corrected chi connectivity index (χ1v) is 5.19. The van der Waals surface area contributed by atoms with Gasteiger partial charge in [0, 0.05) is 17.7 Å². The monoisotopic (exact) mass is 242 g/mol. The Balaban J connectivity index is 2.36. The molecule has 0 aromatic heterocycles. The van der Waals surface area contributed by atoms with E-state index in [9.17, 15) is 13.6 Å². The zero-order valence-corrected chi connectivity index (χ0v) is 9.13. The minimum Gasteiger partial charge on any atom is -0.395 e. The number of hydrogen-bond acceptors (Lipinski definition) is 3. The first-order valence-electron chi connectivity index (χ1n) is 5.19. The Morgan fingerprint density at radius 3 is 2.88 bits per heavy atom. The second-order valence-electron chi connectivity index (χ2n) is 4.02. The minimum absolute atomic E-state index is 0.0942. The molecule has 1 aliphatic heterocycles. The molecule has 4 nitrogen and oxygen atoms in total. The van der Waals surface area contributed by atoms with Gasteiger partial charge in [0.1, 0.15) is 17.7 Å². The van der Waals surface area contributed by atoms with E-state index in [1.165, 1.54) is 0 Å². The predicted molar refractivity (Wildman–Crippen MR) is 57.4 cm³/mol. The van der Waals surface area contributed by atoms with Crippen LogP contribution < -0.4 is 10.6 Å². The van der Waals surface area contributed by atoms with Crippen LogP contribution in [0, 0.1) is 11.6 Å². The van der Waals surface area contributed by atoms with Crippen LogP contribution in [0.2, 0.25) is 0 Å². The zero-order valence-electron chi connectivity index (χ0n) is 9.13. The van der Waals surface area contributed by atoms with Crippen LogP contribution in [0.5, 0.6) is 0 Å². The maximum Gasteiger partial charge on any atom is 0.246 e. The normalized spacial score (nSPS) is 20.0. The lowest BCUT2D eigenvalue weighted by Gasteiger charge is -2.16. The SMILES string of the molecule is CC(CO)NC1C(=O)Nc2cc(F)cc(F)c21. The van der Waals surface area contributed by atoms with Crippen molar-refractivity contribution in [3.05, 3.63) is 29.3 Å². The topological polar surface area (TPSA) is 61.4 Å². The minimum atomic E-state index is -0.896. The van der Waals surface area contributed by atoms with Crippen molar-refractivity contribution in [2.24, 2.45) is 0 Å². The largest absolute Gasteiger partial charge is 0.395 e. The summed E-state index contributed by atoms with van der Waals surface area (Å²) in [6, 6.07) is 0.549. The van der Waals surface area contributed by atoms with Crippen molar-refractivity contribution in [3.63, 3.8) is 0 Å². The summed E-state index contributed by atoms with van der Waals surface area (Å²) in [5.41, 5.74) is 0.229. The Bertz CT molecular complexity index is 465. The molecule has 1 aromatic carbocycles. The van der Waals surface area contributed by atoms with Crippen LogP contribution in [0.4, 0.5) is 14.5 Å². The van der Waals surface area contributed by atoms with Gasteiger partial charge in [0.25, 0.3) is 0 Å². The van der Waals surface area contributed by atoms with Gasteiger partial charge in [-0.2, -0.15) is 0 Å². The second-order valence-corrected chi connectivity index (χ2v) is 4.02. The van der Waals surface area contributed by atoms with Crippen LogP contribution in [0.1, 0.15) is 18.5 Å². The van der Waals surface area contributed by atoms with Gasteiger partial charge in [-0.1, -0.05) is 0 Å². The van der Waals surface area contributed by atoms with Crippen molar-refractivity contribution in [2.45, 2.75) is 19.0 Å². The lowest BCUT2D eigenvalue weighted by Crippen LogP contribution is -2.36. The third-order valence-corrected chi connectivity index (χ3v) is 2.63. The van der Waals surface area contributed by atoms with Gasteiger partial charge in [0.15, 0.2) is 0 Å². The fourth-order valence-electron chi connectivity index (χ4n) is 1.81. The average molecular weight is 242 g/mol. The van der Waals surface area contributed by atoms with E-state index in [0.717, 1.165) is 12.1 Å². The van der Waals surface area contributed by atoms with Crippen molar-refractivity contribution >= 4 is 11.6 Å². The molecule has 1 amide bonds. The zero-order chi connectivity index (χ0) is 12.6. The van der Waals surface area contributed by atoms with Gasteiger partial charge < -0.3 is 10.4 Å². The lowest BCUT2D eigenvalue weighted by molar-refractivity contribution is -0.118. The Morgan fingerprint density at radius 1 is 1.53 bits per heavy atom. The van der Waals surface area contributed by atoms with Crippen LogP contribution in [0.15, 0.2) is 12.1 Å². The van der Waals surface area contributed by atoms with E-state index in [0.29, 0.717) is 0 Å². The highest BCUT2D eigenvalue weighted by Gasteiger charge is 2.34. The van der Waals surface area contributed by atoms with E-state index in [-0.39, 0.29) is 23.9 Å². The molecule has 0 fully saturated rings. The summed E-state index contributed by atoms with van der Waals surface area (Å²) in [6.45, 7) is 1.48. The van der Waals surface area contributed by atoms with E-state index < -0.39 is 23.6 Å². The predicted octanol–water partition coefficient (Wildman–Crippen LogP) is 0.928. The Hall–Kier alpha value is -1.53. The summed E-state index contributed by atoms with van der Waals surface area (Å²) in [5, 5.41) is 14.1. The standard InChI is InChI=1S/C11H12F2N2O2/c1-5(4-16)14-10-9-7(13)2-6(12)3-8(9)15-11(10)17/h2-3,5,10,14,16H,4H2,1H3,(H,15,17). The molecule has 2 rings (SSSR count). The summed E-state index contributed by atoms with van der Waals surface area (Å²) in [6.07, 6.45) is 0. The number of hydrogen-bond donors (Lipinski definition) is 3. The number of amides is 1. The van der Waals surface area contributed by atoms with Gasteiger partial charge in [-0.15, -0.1) is 0 Å². The van der Waals surface area contributed by atoms with Gasteiger partial charge in [-0.05, 0) is 13.0 Å². The maximum atomic E-state index is 13.6. The molecule has 0 radical (unpaired) electrons. The van der Waals surface area contributed by atoms with E-state index in [2.05, 4.69) is 10.6 Å². The summed E-state index contributed by atoms with van der Waals surface area (Å²) in [7, 11) is 0. The number of benzene rings is 1. The number of rotatable bonds is 3. The summed E-state index contributed by atoms with van der Waals surface area (Å²) < 4.78 is 26.5. The molecule has 1 aromatic rings.